The summed E-state index contributed by atoms with van der Waals surface area (Å²) in [4.78, 5) is 6.57. The van der Waals surface area contributed by atoms with Gasteiger partial charge in [0.15, 0.2) is 0 Å². The summed E-state index contributed by atoms with van der Waals surface area (Å²) in [6, 6.07) is 13.4. The molecule has 1 N–H and O–H groups in total. The van der Waals surface area contributed by atoms with Crippen molar-refractivity contribution in [3.8, 4) is 11.4 Å². The van der Waals surface area contributed by atoms with Crippen LogP contribution in [0.1, 0.15) is 23.9 Å². The predicted molar refractivity (Wildman–Crippen MR) is 94.9 cm³/mol. The highest BCUT2D eigenvalue weighted by Gasteiger charge is 2.35. The third-order valence-electron chi connectivity index (χ3n) is 4.51. The molecule has 0 unspecified atom stereocenters. The van der Waals surface area contributed by atoms with Crippen LogP contribution in [0.5, 0.6) is 0 Å². The maximum Gasteiger partial charge on any atom is 0.244 e. The molecule has 1 saturated heterocycles. The summed E-state index contributed by atoms with van der Waals surface area (Å²) in [5, 5.41) is 14.8. The summed E-state index contributed by atoms with van der Waals surface area (Å²) < 4.78 is 18.5. The normalized spacial score (nSPS) is 20.6. The van der Waals surface area contributed by atoms with Gasteiger partial charge in [0.25, 0.3) is 0 Å². The first-order valence-electron chi connectivity index (χ1n) is 8.34. The van der Waals surface area contributed by atoms with Crippen LogP contribution in [-0.2, 0) is 6.54 Å². The molecule has 7 heteroatoms. The second kappa shape index (κ2) is 7.15. The molecule has 5 nitrogen and oxygen atoms in total. The van der Waals surface area contributed by atoms with Crippen LogP contribution in [0.3, 0.4) is 0 Å². The number of aliphatic hydroxyl groups is 1. The van der Waals surface area contributed by atoms with E-state index in [0.29, 0.717) is 41.8 Å². The Morgan fingerprint density at radius 3 is 2.62 bits per heavy atom. The van der Waals surface area contributed by atoms with Crippen LogP contribution in [0.15, 0.2) is 53.1 Å². The standard InChI is InChI=1S/C19H17ClFN3O2/c20-14-5-1-12(2-6-14)10-24-11-16(25)9-17(24)19-22-18(23-26-19)13-3-7-15(21)8-4-13/h1-8,16-17,25H,9-11H2/t16-,17+/m1/s1. The van der Waals surface area contributed by atoms with Crippen molar-refractivity contribution in [2.24, 2.45) is 0 Å². The molecule has 0 amide bonds. The number of nitrogens with zero attached hydrogens (tertiary/aromatic N) is 3. The van der Waals surface area contributed by atoms with Crippen molar-refractivity contribution in [3.63, 3.8) is 0 Å². The molecule has 2 atom stereocenters. The van der Waals surface area contributed by atoms with Crippen molar-refractivity contribution < 1.29 is 14.0 Å². The zero-order valence-corrected chi connectivity index (χ0v) is 14.6. The summed E-state index contributed by atoms with van der Waals surface area (Å²) in [7, 11) is 0. The largest absolute Gasteiger partial charge is 0.392 e. The summed E-state index contributed by atoms with van der Waals surface area (Å²) in [5.74, 6) is 0.549. The predicted octanol–water partition coefficient (Wildman–Crippen LogP) is 3.84. The van der Waals surface area contributed by atoms with Crippen LogP contribution in [0.25, 0.3) is 11.4 Å². The molecule has 0 spiro atoms. The van der Waals surface area contributed by atoms with Gasteiger partial charge in [-0.1, -0.05) is 28.9 Å². The second-order valence-electron chi connectivity index (χ2n) is 6.42. The number of aromatic nitrogens is 2. The molecule has 2 heterocycles. The highest BCUT2D eigenvalue weighted by atomic mass is 35.5. The molecule has 1 fully saturated rings. The number of β-amino-alcohol motifs (C(OH)–C–C–N with tert-alkyl or cyclic N) is 1. The van der Waals surface area contributed by atoms with Gasteiger partial charge in [-0.25, -0.2) is 4.39 Å². The van der Waals surface area contributed by atoms with Crippen LogP contribution in [0.4, 0.5) is 4.39 Å². The lowest BCUT2D eigenvalue weighted by atomic mass is 10.1. The molecule has 26 heavy (non-hydrogen) atoms. The number of rotatable bonds is 4. The maximum absolute atomic E-state index is 13.1. The lowest BCUT2D eigenvalue weighted by Gasteiger charge is -2.21. The minimum atomic E-state index is -0.450. The van der Waals surface area contributed by atoms with E-state index in [1.165, 1.54) is 12.1 Å². The van der Waals surface area contributed by atoms with Gasteiger partial charge in [-0.15, -0.1) is 0 Å². The summed E-state index contributed by atoms with van der Waals surface area (Å²) in [6.45, 7) is 1.18. The van der Waals surface area contributed by atoms with Crippen molar-refractivity contribution in [1.82, 2.24) is 15.0 Å². The average Bonchev–Trinajstić information content (AvgIpc) is 3.24. The molecular formula is C19H17ClFN3O2. The van der Waals surface area contributed by atoms with E-state index in [1.807, 2.05) is 24.3 Å². The molecule has 4 rings (SSSR count). The minimum Gasteiger partial charge on any atom is -0.392 e. The third kappa shape index (κ3) is 3.62. The maximum atomic E-state index is 13.1. The zero-order valence-electron chi connectivity index (χ0n) is 13.8. The van der Waals surface area contributed by atoms with E-state index in [0.717, 1.165) is 5.56 Å². The monoisotopic (exact) mass is 373 g/mol. The Hall–Kier alpha value is -2.28. The van der Waals surface area contributed by atoms with Crippen molar-refractivity contribution in [2.45, 2.75) is 25.1 Å². The molecule has 0 aliphatic carbocycles. The number of aliphatic hydroxyl groups excluding tert-OH is 1. The topological polar surface area (TPSA) is 62.4 Å². The van der Waals surface area contributed by atoms with Crippen molar-refractivity contribution in [2.75, 3.05) is 6.54 Å². The van der Waals surface area contributed by atoms with Gasteiger partial charge in [-0.3, -0.25) is 4.90 Å². The molecule has 1 aliphatic rings. The SMILES string of the molecule is O[C@@H]1C[C@@H](c2nc(-c3ccc(F)cc3)no2)N(Cc2ccc(Cl)cc2)C1. The van der Waals surface area contributed by atoms with Gasteiger partial charge < -0.3 is 9.63 Å². The quantitative estimate of drug-likeness (QED) is 0.753. The van der Waals surface area contributed by atoms with Crippen LogP contribution in [0, 0.1) is 5.82 Å². The third-order valence-corrected chi connectivity index (χ3v) is 4.76. The number of halogens is 2. The fourth-order valence-electron chi connectivity index (χ4n) is 3.22. The number of benzene rings is 2. The molecule has 0 saturated carbocycles. The van der Waals surface area contributed by atoms with Crippen molar-refractivity contribution >= 4 is 11.6 Å². The fourth-order valence-corrected chi connectivity index (χ4v) is 3.35. The number of likely N-dealkylation sites (tertiary alicyclic amines) is 1. The van der Waals surface area contributed by atoms with Gasteiger partial charge in [0, 0.05) is 23.7 Å². The van der Waals surface area contributed by atoms with Crippen LogP contribution < -0.4 is 0 Å². The van der Waals surface area contributed by atoms with Gasteiger partial charge in [0.1, 0.15) is 5.82 Å². The highest BCUT2D eigenvalue weighted by molar-refractivity contribution is 6.30. The van der Waals surface area contributed by atoms with Gasteiger partial charge in [0.2, 0.25) is 11.7 Å². The first-order valence-corrected chi connectivity index (χ1v) is 8.72. The summed E-state index contributed by atoms with van der Waals surface area (Å²) in [6.07, 6.45) is 0.0759. The van der Waals surface area contributed by atoms with Gasteiger partial charge in [-0.2, -0.15) is 4.98 Å². The molecule has 0 bridgehead atoms. The molecule has 3 aromatic rings. The molecular weight excluding hydrogens is 357 g/mol. The average molecular weight is 374 g/mol. The van der Waals surface area contributed by atoms with Gasteiger partial charge >= 0.3 is 0 Å². The van der Waals surface area contributed by atoms with E-state index in [-0.39, 0.29) is 11.9 Å². The van der Waals surface area contributed by atoms with E-state index in [4.69, 9.17) is 16.1 Å². The van der Waals surface area contributed by atoms with Crippen molar-refractivity contribution in [1.29, 1.82) is 0 Å². The Bertz CT molecular complexity index is 883. The number of hydrogen-bond donors (Lipinski definition) is 1. The van der Waals surface area contributed by atoms with E-state index < -0.39 is 6.10 Å². The number of hydrogen-bond acceptors (Lipinski definition) is 5. The summed E-state index contributed by atoms with van der Waals surface area (Å²) >= 11 is 5.94. The van der Waals surface area contributed by atoms with Gasteiger partial charge in [0.05, 0.1) is 12.1 Å². The van der Waals surface area contributed by atoms with Crippen LogP contribution in [-0.4, -0.2) is 32.8 Å². The molecule has 1 aliphatic heterocycles. The first kappa shape index (κ1) is 17.1. The molecule has 0 radical (unpaired) electrons. The summed E-state index contributed by atoms with van der Waals surface area (Å²) in [5.41, 5.74) is 1.77. The highest BCUT2D eigenvalue weighted by Crippen LogP contribution is 2.33. The zero-order chi connectivity index (χ0) is 18.1. The molecule has 2 aromatic carbocycles. The Balaban J connectivity index is 1.55. The van der Waals surface area contributed by atoms with E-state index >= 15 is 0 Å². The Labute approximate surface area is 155 Å². The lowest BCUT2D eigenvalue weighted by molar-refractivity contribution is 0.169. The molecule has 134 valence electrons. The van der Waals surface area contributed by atoms with E-state index in [1.54, 1.807) is 12.1 Å². The Morgan fingerprint density at radius 2 is 1.88 bits per heavy atom. The first-order chi connectivity index (χ1) is 12.6. The smallest absolute Gasteiger partial charge is 0.244 e. The van der Waals surface area contributed by atoms with E-state index in [2.05, 4.69) is 15.0 Å². The Morgan fingerprint density at radius 1 is 1.15 bits per heavy atom. The van der Waals surface area contributed by atoms with Crippen LogP contribution >= 0.6 is 11.6 Å². The van der Waals surface area contributed by atoms with Crippen molar-refractivity contribution in [3.05, 3.63) is 70.8 Å². The minimum absolute atomic E-state index is 0.164. The Kier molecular flexibility index (Phi) is 4.72. The fraction of sp³-hybridized carbons (Fsp3) is 0.263. The lowest BCUT2D eigenvalue weighted by Crippen LogP contribution is -2.24. The second-order valence-corrected chi connectivity index (χ2v) is 6.86. The molecule has 1 aromatic heterocycles. The van der Waals surface area contributed by atoms with Crippen LogP contribution in [0.2, 0.25) is 5.02 Å². The van der Waals surface area contributed by atoms with Gasteiger partial charge in [-0.05, 0) is 48.4 Å². The van der Waals surface area contributed by atoms with E-state index in [9.17, 15) is 9.50 Å².